The van der Waals surface area contributed by atoms with Gasteiger partial charge in [0.05, 0.1) is 0 Å². The zero-order chi connectivity index (χ0) is 18.3. The SMILES string of the molecule is CN(C)CCN(Cc1ccccc1F)S(=O)(=O)NCc1ccccc1. The molecule has 5 nitrogen and oxygen atoms in total. The number of nitrogens with zero attached hydrogens (tertiary/aromatic N) is 2. The molecule has 2 rings (SSSR count). The minimum atomic E-state index is -3.74. The molecule has 0 radical (unpaired) electrons. The van der Waals surface area contributed by atoms with E-state index < -0.39 is 16.0 Å². The van der Waals surface area contributed by atoms with Crippen LogP contribution in [0.3, 0.4) is 0 Å². The fraction of sp³-hybridized carbons (Fsp3) is 0.333. The lowest BCUT2D eigenvalue weighted by Gasteiger charge is -2.24. The van der Waals surface area contributed by atoms with Gasteiger partial charge in [-0.2, -0.15) is 17.4 Å². The van der Waals surface area contributed by atoms with Crippen molar-refractivity contribution in [2.24, 2.45) is 0 Å². The van der Waals surface area contributed by atoms with Crippen LogP contribution in [0.15, 0.2) is 54.6 Å². The van der Waals surface area contributed by atoms with Gasteiger partial charge in [0.15, 0.2) is 0 Å². The second-order valence-electron chi connectivity index (χ2n) is 6.04. The maximum absolute atomic E-state index is 13.9. The van der Waals surface area contributed by atoms with Crippen LogP contribution in [0.5, 0.6) is 0 Å². The molecule has 1 N–H and O–H groups in total. The van der Waals surface area contributed by atoms with Crippen molar-refractivity contribution in [1.29, 1.82) is 0 Å². The fourth-order valence-electron chi connectivity index (χ4n) is 2.27. The van der Waals surface area contributed by atoms with Crippen LogP contribution in [-0.4, -0.2) is 44.8 Å². The monoisotopic (exact) mass is 365 g/mol. The molecule has 2 aromatic rings. The Labute approximate surface area is 149 Å². The lowest BCUT2D eigenvalue weighted by atomic mass is 10.2. The zero-order valence-electron chi connectivity index (χ0n) is 14.5. The third kappa shape index (κ3) is 6.21. The third-order valence-corrected chi connectivity index (χ3v) is 5.24. The summed E-state index contributed by atoms with van der Waals surface area (Å²) in [6.07, 6.45) is 0. The second kappa shape index (κ2) is 9.05. The summed E-state index contributed by atoms with van der Waals surface area (Å²) in [5.74, 6) is -0.407. The Morgan fingerprint density at radius 2 is 1.60 bits per heavy atom. The molecule has 25 heavy (non-hydrogen) atoms. The predicted octanol–water partition coefficient (Wildman–Crippen LogP) is 2.22. The Balaban J connectivity index is 2.13. The molecule has 0 saturated heterocycles. The van der Waals surface area contributed by atoms with Gasteiger partial charge in [-0.05, 0) is 25.7 Å². The molecule has 7 heteroatoms. The molecule has 0 aliphatic rings. The number of hydrogen-bond acceptors (Lipinski definition) is 3. The zero-order valence-corrected chi connectivity index (χ0v) is 15.3. The summed E-state index contributed by atoms with van der Waals surface area (Å²) in [6.45, 7) is 0.996. The highest BCUT2D eigenvalue weighted by Crippen LogP contribution is 2.13. The van der Waals surface area contributed by atoms with Crippen LogP contribution in [0.25, 0.3) is 0 Å². The Morgan fingerprint density at radius 1 is 0.960 bits per heavy atom. The number of benzene rings is 2. The van der Waals surface area contributed by atoms with E-state index in [1.807, 2.05) is 49.3 Å². The second-order valence-corrected chi connectivity index (χ2v) is 7.80. The smallest absolute Gasteiger partial charge is 0.280 e. The van der Waals surface area contributed by atoms with Gasteiger partial charge in [-0.15, -0.1) is 0 Å². The molecule has 136 valence electrons. The van der Waals surface area contributed by atoms with Crippen molar-refractivity contribution in [1.82, 2.24) is 13.9 Å². The van der Waals surface area contributed by atoms with Crippen LogP contribution >= 0.6 is 0 Å². The lowest BCUT2D eigenvalue weighted by Crippen LogP contribution is -2.43. The van der Waals surface area contributed by atoms with Crippen LogP contribution < -0.4 is 4.72 Å². The summed E-state index contributed by atoms with van der Waals surface area (Å²) >= 11 is 0. The average molecular weight is 365 g/mol. The standard InChI is InChI=1S/C18H24FN3O2S/c1-21(2)12-13-22(15-17-10-6-7-11-18(17)19)25(23,24)20-14-16-8-4-3-5-9-16/h3-11,20H,12-15H2,1-2H3. The Kier molecular flexibility index (Phi) is 7.07. The Bertz CT molecular complexity index is 767. The van der Waals surface area contributed by atoms with E-state index in [1.54, 1.807) is 18.2 Å². The lowest BCUT2D eigenvalue weighted by molar-refractivity contribution is 0.323. The molecule has 0 unspecified atom stereocenters. The van der Waals surface area contributed by atoms with Gasteiger partial charge in [0, 0.05) is 31.7 Å². The summed E-state index contributed by atoms with van der Waals surface area (Å²) in [4.78, 5) is 1.89. The van der Waals surface area contributed by atoms with Crippen molar-refractivity contribution in [3.63, 3.8) is 0 Å². The van der Waals surface area contributed by atoms with Crippen LogP contribution in [0, 0.1) is 5.82 Å². The summed E-state index contributed by atoms with van der Waals surface area (Å²) in [7, 11) is -0.00845. The molecule has 0 heterocycles. The highest BCUT2D eigenvalue weighted by molar-refractivity contribution is 7.87. The molecule has 0 fully saturated rings. The highest BCUT2D eigenvalue weighted by Gasteiger charge is 2.23. The van der Waals surface area contributed by atoms with Crippen LogP contribution in [0.1, 0.15) is 11.1 Å². The molecular formula is C18H24FN3O2S. The van der Waals surface area contributed by atoms with Gasteiger partial charge in [0.25, 0.3) is 10.2 Å². The molecule has 0 atom stereocenters. The first-order valence-corrected chi connectivity index (χ1v) is 9.49. The van der Waals surface area contributed by atoms with Gasteiger partial charge in [-0.25, -0.2) is 4.39 Å². The maximum Gasteiger partial charge on any atom is 0.280 e. The fourth-order valence-corrected chi connectivity index (χ4v) is 3.44. The summed E-state index contributed by atoms with van der Waals surface area (Å²) in [6, 6.07) is 15.5. The molecule has 0 bridgehead atoms. The van der Waals surface area contributed by atoms with Crippen molar-refractivity contribution >= 4 is 10.2 Å². The molecular weight excluding hydrogens is 341 g/mol. The van der Waals surface area contributed by atoms with Gasteiger partial charge in [-0.1, -0.05) is 48.5 Å². The minimum Gasteiger partial charge on any atom is -0.308 e. The predicted molar refractivity (Wildman–Crippen MR) is 97.6 cm³/mol. The van der Waals surface area contributed by atoms with Gasteiger partial charge < -0.3 is 4.90 Å². The van der Waals surface area contributed by atoms with Crippen molar-refractivity contribution in [2.75, 3.05) is 27.2 Å². The molecule has 0 spiro atoms. The van der Waals surface area contributed by atoms with E-state index in [-0.39, 0.29) is 19.6 Å². The van der Waals surface area contributed by atoms with Gasteiger partial charge in [-0.3, -0.25) is 0 Å². The summed E-state index contributed by atoms with van der Waals surface area (Å²) in [5, 5.41) is 0. The number of hydrogen-bond donors (Lipinski definition) is 1. The molecule has 2 aromatic carbocycles. The third-order valence-electron chi connectivity index (χ3n) is 3.74. The molecule has 0 saturated carbocycles. The summed E-state index contributed by atoms with van der Waals surface area (Å²) < 4.78 is 43.2. The quantitative estimate of drug-likeness (QED) is 0.741. The molecule has 0 aliphatic carbocycles. The highest BCUT2D eigenvalue weighted by atomic mass is 32.2. The van der Waals surface area contributed by atoms with Gasteiger partial charge in [0.1, 0.15) is 5.82 Å². The van der Waals surface area contributed by atoms with Crippen LogP contribution in [-0.2, 0) is 23.3 Å². The Morgan fingerprint density at radius 3 is 2.24 bits per heavy atom. The van der Waals surface area contributed by atoms with E-state index in [1.165, 1.54) is 10.4 Å². The molecule has 0 aliphatic heterocycles. The number of nitrogens with one attached hydrogen (secondary N) is 1. The average Bonchev–Trinajstić information content (AvgIpc) is 2.59. The maximum atomic E-state index is 13.9. The van der Waals surface area contributed by atoms with Crippen molar-refractivity contribution in [3.05, 3.63) is 71.5 Å². The largest absolute Gasteiger partial charge is 0.308 e. The van der Waals surface area contributed by atoms with E-state index >= 15 is 0 Å². The first-order valence-electron chi connectivity index (χ1n) is 8.05. The van der Waals surface area contributed by atoms with Crippen molar-refractivity contribution < 1.29 is 12.8 Å². The summed E-state index contributed by atoms with van der Waals surface area (Å²) in [5.41, 5.74) is 1.22. The van der Waals surface area contributed by atoms with Crippen LogP contribution in [0.4, 0.5) is 4.39 Å². The minimum absolute atomic E-state index is 0.00929. The topological polar surface area (TPSA) is 52.7 Å². The molecule has 0 amide bonds. The number of rotatable bonds is 9. The van der Waals surface area contributed by atoms with E-state index in [9.17, 15) is 12.8 Å². The van der Waals surface area contributed by atoms with Crippen molar-refractivity contribution in [3.8, 4) is 0 Å². The van der Waals surface area contributed by atoms with E-state index in [0.29, 0.717) is 12.1 Å². The number of likely N-dealkylation sites (N-methyl/N-ethyl adjacent to an activating group) is 1. The van der Waals surface area contributed by atoms with Crippen molar-refractivity contribution in [2.45, 2.75) is 13.1 Å². The molecule has 0 aromatic heterocycles. The van der Waals surface area contributed by atoms with Gasteiger partial charge in [0.2, 0.25) is 0 Å². The normalized spacial score (nSPS) is 12.0. The Hall–Kier alpha value is -1.80. The van der Waals surface area contributed by atoms with Crippen LogP contribution in [0.2, 0.25) is 0 Å². The van der Waals surface area contributed by atoms with E-state index in [2.05, 4.69) is 4.72 Å². The first-order chi connectivity index (χ1) is 11.9. The van der Waals surface area contributed by atoms with E-state index in [0.717, 1.165) is 5.56 Å². The first kappa shape index (κ1) is 19.5. The number of halogens is 1. The van der Waals surface area contributed by atoms with E-state index in [4.69, 9.17) is 0 Å². The van der Waals surface area contributed by atoms with Gasteiger partial charge >= 0.3 is 0 Å².